The van der Waals surface area contributed by atoms with Crippen molar-refractivity contribution in [2.24, 2.45) is 0 Å². The average molecular weight is 243 g/mol. The van der Waals surface area contributed by atoms with Crippen molar-refractivity contribution in [3.05, 3.63) is 70.2 Å². The molecule has 1 atom stereocenters. The molecule has 1 unspecified atom stereocenters. The molecule has 0 aliphatic heterocycles. The number of hydrogen-bond acceptors (Lipinski definition) is 1. The number of rotatable bonds is 1. The van der Waals surface area contributed by atoms with Crippen LogP contribution in [0.3, 0.4) is 0 Å². The van der Waals surface area contributed by atoms with Crippen LogP contribution in [0.4, 0.5) is 0 Å². The minimum atomic E-state index is -0.0638. The van der Waals surface area contributed by atoms with Crippen LogP contribution in [-0.2, 0) is 6.42 Å². The number of ketones is 1. The Bertz CT molecular complexity index is 575. The van der Waals surface area contributed by atoms with E-state index in [1.807, 2.05) is 48.5 Å². The Morgan fingerprint density at radius 2 is 1.76 bits per heavy atom. The summed E-state index contributed by atoms with van der Waals surface area (Å²) in [5, 5.41) is 0.703. The quantitative estimate of drug-likeness (QED) is 0.742. The van der Waals surface area contributed by atoms with Crippen LogP contribution in [-0.4, -0.2) is 5.78 Å². The van der Waals surface area contributed by atoms with E-state index in [9.17, 15) is 4.79 Å². The Morgan fingerprint density at radius 3 is 2.47 bits per heavy atom. The first-order valence-electron chi connectivity index (χ1n) is 5.64. The molecular weight excluding hydrogens is 232 g/mol. The molecular formula is C15H11ClO. The van der Waals surface area contributed by atoms with Gasteiger partial charge in [0.25, 0.3) is 0 Å². The zero-order chi connectivity index (χ0) is 11.8. The lowest BCUT2D eigenvalue weighted by atomic mass is 9.95. The van der Waals surface area contributed by atoms with E-state index < -0.39 is 0 Å². The molecule has 0 amide bonds. The fourth-order valence-electron chi connectivity index (χ4n) is 2.44. The highest BCUT2D eigenvalue weighted by molar-refractivity contribution is 6.32. The Balaban J connectivity index is 2.05. The van der Waals surface area contributed by atoms with Gasteiger partial charge in [0.2, 0.25) is 0 Å². The zero-order valence-corrected chi connectivity index (χ0v) is 9.95. The van der Waals surface area contributed by atoms with Crippen LogP contribution in [0.25, 0.3) is 0 Å². The van der Waals surface area contributed by atoms with E-state index in [0.29, 0.717) is 5.02 Å². The summed E-state index contributed by atoms with van der Waals surface area (Å²) in [7, 11) is 0. The number of carbonyl (C=O) groups excluding carboxylic acids is 1. The lowest BCUT2D eigenvalue weighted by Crippen LogP contribution is -2.06. The number of hydrogen-bond donors (Lipinski definition) is 0. The van der Waals surface area contributed by atoms with Crippen LogP contribution in [0, 0.1) is 0 Å². The van der Waals surface area contributed by atoms with Crippen LogP contribution in [0.15, 0.2) is 48.5 Å². The third kappa shape index (κ3) is 1.67. The van der Waals surface area contributed by atoms with Crippen LogP contribution in [0.5, 0.6) is 0 Å². The van der Waals surface area contributed by atoms with E-state index in [4.69, 9.17) is 11.6 Å². The van der Waals surface area contributed by atoms with Crippen LogP contribution < -0.4 is 0 Å². The van der Waals surface area contributed by atoms with Crippen LogP contribution in [0.2, 0.25) is 5.02 Å². The van der Waals surface area contributed by atoms with Crippen molar-refractivity contribution in [2.75, 3.05) is 0 Å². The van der Waals surface area contributed by atoms with Gasteiger partial charge in [0.05, 0.1) is 5.92 Å². The first kappa shape index (κ1) is 10.5. The summed E-state index contributed by atoms with van der Waals surface area (Å²) in [5.41, 5.74) is 2.85. The molecule has 0 saturated heterocycles. The summed E-state index contributed by atoms with van der Waals surface area (Å²) in [6, 6.07) is 15.5. The molecule has 1 aliphatic rings. The molecule has 0 aromatic heterocycles. The van der Waals surface area contributed by atoms with Gasteiger partial charge >= 0.3 is 0 Å². The molecule has 1 aliphatic carbocycles. The Morgan fingerprint density at radius 1 is 1.00 bits per heavy atom. The van der Waals surface area contributed by atoms with E-state index in [2.05, 4.69) is 0 Å². The molecule has 0 fully saturated rings. The zero-order valence-electron chi connectivity index (χ0n) is 9.19. The number of halogens is 1. The molecule has 2 heteroatoms. The summed E-state index contributed by atoms with van der Waals surface area (Å²) < 4.78 is 0. The van der Waals surface area contributed by atoms with Gasteiger partial charge in [0.15, 0.2) is 5.78 Å². The third-order valence-electron chi connectivity index (χ3n) is 3.31. The maximum atomic E-state index is 12.3. The normalized spacial score (nSPS) is 18.2. The Hall–Kier alpha value is -1.60. The summed E-state index contributed by atoms with van der Waals surface area (Å²) in [4.78, 5) is 12.3. The molecule has 2 aromatic carbocycles. The summed E-state index contributed by atoms with van der Waals surface area (Å²) >= 11 is 6.14. The smallest absolute Gasteiger partial charge is 0.170 e. The minimum absolute atomic E-state index is 0.0638. The first-order chi connectivity index (χ1) is 8.27. The van der Waals surface area contributed by atoms with Crippen LogP contribution >= 0.6 is 11.6 Å². The van der Waals surface area contributed by atoms with Crippen molar-refractivity contribution in [1.29, 1.82) is 0 Å². The van der Waals surface area contributed by atoms with Crippen LogP contribution in [0.1, 0.15) is 27.4 Å². The summed E-state index contributed by atoms with van der Waals surface area (Å²) in [6.07, 6.45) is 0.720. The maximum absolute atomic E-state index is 12.3. The predicted molar refractivity (Wildman–Crippen MR) is 68.7 cm³/mol. The Labute approximate surface area is 105 Å². The molecule has 0 N–H and O–H groups in total. The van der Waals surface area contributed by atoms with Gasteiger partial charge in [-0.1, -0.05) is 54.1 Å². The van der Waals surface area contributed by atoms with E-state index in [0.717, 1.165) is 23.1 Å². The number of carbonyl (C=O) groups is 1. The maximum Gasteiger partial charge on any atom is 0.170 e. The van der Waals surface area contributed by atoms with E-state index >= 15 is 0 Å². The van der Waals surface area contributed by atoms with Gasteiger partial charge in [0, 0.05) is 10.6 Å². The summed E-state index contributed by atoms with van der Waals surface area (Å²) in [5.74, 6) is 0.125. The second-order valence-corrected chi connectivity index (χ2v) is 4.70. The van der Waals surface area contributed by atoms with Gasteiger partial charge in [-0.15, -0.1) is 0 Å². The highest BCUT2D eigenvalue weighted by Gasteiger charge is 2.32. The number of benzene rings is 2. The molecule has 0 saturated carbocycles. The van der Waals surface area contributed by atoms with E-state index in [-0.39, 0.29) is 11.7 Å². The fourth-order valence-corrected chi connectivity index (χ4v) is 2.69. The van der Waals surface area contributed by atoms with Crippen molar-refractivity contribution in [2.45, 2.75) is 12.3 Å². The minimum Gasteiger partial charge on any atom is -0.293 e. The molecule has 2 aromatic rings. The molecule has 0 heterocycles. The predicted octanol–water partition coefficient (Wildman–Crippen LogP) is 3.86. The molecule has 0 bridgehead atoms. The second-order valence-electron chi connectivity index (χ2n) is 4.30. The number of Topliss-reactive ketones (excluding diaryl/α,β-unsaturated/α-hetero) is 1. The summed E-state index contributed by atoms with van der Waals surface area (Å²) in [6.45, 7) is 0. The van der Waals surface area contributed by atoms with Crippen molar-refractivity contribution < 1.29 is 4.79 Å². The van der Waals surface area contributed by atoms with Gasteiger partial charge in [-0.3, -0.25) is 4.79 Å². The fraction of sp³-hybridized carbons (Fsp3) is 0.133. The van der Waals surface area contributed by atoms with E-state index in [1.165, 1.54) is 0 Å². The lowest BCUT2D eigenvalue weighted by molar-refractivity contribution is 0.0973. The van der Waals surface area contributed by atoms with Gasteiger partial charge in [-0.05, 0) is 23.6 Å². The molecule has 84 valence electrons. The highest BCUT2D eigenvalue weighted by atomic mass is 35.5. The second kappa shape index (κ2) is 4.01. The monoisotopic (exact) mass is 242 g/mol. The topological polar surface area (TPSA) is 17.1 Å². The molecule has 0 spiro atoms. The third-order valence-corrected chi connectivity index (χ3v) is 3.67. The molecule has 17 heavy (non-hydrogen) atoms. The molecule has 0 radical (unpaired) electrons. The number of fused-ring (bicyclic) bond motifs is 1. The molecule has 3 rings (SSSR count). The van der Waals surface area contributed by atoms with Gasteiger partial charge in [-0.25, -0.2) is 0 Å². The van der Waals surface area contributed by atoms with Crippen molar-refractivity contribution in [3.63, 3.8) is 0 Å². The van der Waals surface area contributed by atoms with E-state index in [1.54, 1.807) is 0 Å². The largest absolute Gasteiger partial charge is 0.293 e. The first-order valence-corrected chi connectivity index (χ1v) is 6.01. The van der Waals surface area contributed by atoms with Crippen molar-refractivity contribution in [1.82, 2.24) is 0 Å². The average Bonchev–Trinajstić information content (AvgIpc) is 2.70. The SMILES string of the molecule is O=C1c2cccc(Cl)c2CC1c1ccccc1. The Kier molecular flexibility index (Phi) is 2.49. The lowest BCUT2D eigenvalue weighted by Gasteiger charge is -2.07. The van der Waals surface area contributed by atoms with Gasteiger partial charge in [0.1, 0.15) is 0 Å². The van der Waals surface area contributed by atoms with Crippen molar-refractivity contribution >= 4 is 17.4 Å². The van der Waals surface area contributed by atoms with Gasteiger partial charge in [-0.2, -0.15) is 0 Å². The van der Waals surface area contributed by atoms with Crippen molar-refractivity contribution in [3.8, 4) is 0 Å². The highest BCUT2D eigenvalue weighted by Crippen LogP contribution is 2.37. The standard InChI is InChI=1S/C15H11ClO/c16-14-8-4-7-11-13(14)9-12(15(11)17)10-5-2-1-3-6-10/h1-8,12H,9H2. The molecule has 1 nitrogen and oxygen atoms in total. The van der Waals surface area contributed by atoms with Gasteiger partial charge < -0.3 is 0 Å².